The van der Waals surface area contributed by atoms with Gasteiger partial charge in [-0.1, -0.05) is 27.2 Å². The molecule has 0 bridgehead atoms. The van der Waals surface area contributed by atoms with Crippen molar-refractivity contribution in [1.82, 2.24) is 5.32 Å². The van der Waals surface area contributed by atoms with Gasteiger partial charge in [0.1, 0.15) is 6.04 Å². The van der Waals surface area contributed by atoms with E-state index in [4.69, 9.17) is 9.47 Å². The van der Waals surface area contributed by atoms with Gasteiger partial charge in [0.2, 0.25) is 0 Å². The van der Waals surface area contributed by atoms with Crippen LogP contribution < -0.4 is 5.32 Å². The van der Waals surface area contributed by atoms with Crippen LogP contribution in [0.1, 0.15) is 40.0 Å². The fourth-order valence-corrected chi connectivity index (χ4v) is 1.63. The Morgan fingerprint density at radius 2 is 1.94 bits per heavy atom. The molecule has 0 aromatic rings. The summed E-state index contributed by atoms with van der Waals surface area (Å²) in [6.07, 6.45) is 3.31. The normalized spacial score (nSPS) is 14.4. The largest absolute Gasteiger partial charge is 0.468 e. The van der Waals surface area contributed by atoms with Crippen molar-refractivity contribution < 1.29 is 14.3 Å². The van der Waals surface area contributed by atoms with E-state index in [1.165, 1.54) is 13.5 Å². The molecule has 4 nitrogen and oxygen atoms in total. The molecule has 0 saturated heterocycles. The first-order valence-electron chi connectivity index (χ1n) is 6.54. The Bertz CT molecular complexity index is 197. The van der Waals surface area contributed by atoms with Gasteiger partial charge in [0.15, 0.2) is 0 Å². The number of ether oxygens (including phenoxy) is 2. The first-order chi connectivity index (χ1) is 8.15. The van der Waals surface area contributed by atoms with Crippen molar-refractivity contribution in [2.24, 2.45) is 5.92 Å². The maximum Gasteiger partial charge on any atom is 0.325 e. The van der Waals surface area contributed by atoms with E-state index in [0.717, 1.165) is 19.4 Å². The van der Waals surface area contributed by atoms with E-state index in [9.17, 15) is 4.79 Å². The number of carbonyl (C=O) groups excluding carboxylic acids is 1. The molecule has 0 rings (SSSR count). The van der Waals surface area contributed by atoms with Crippen molar-refractivity contribution in [1.29, 1.82) is 0 Å². The molecular weight excluding hydrogens is 218 g/mol. The van der Waals surface area contributed by atoms with E-state index in [1.807, 2.05) is 0 Å². The zero-order valence-electron chi connectivity index (χ0n) is 11.6. The molecule has 0 aliphatic rings. The summed E-state index contributed by atoms with van der Waals surface area (Å²) >= 11 is 0. The minimum atomic E-state index is -0.339. The molecule has 1 N–H and O–H groups in total. The van der Waals surface area contributed by atoms with Crippen LogP contribution in [0.15, 0.2) is 0 Å². The van der Waals surface area contributed by atoms with Gasteiger partial charge in [0, 0.05) is 6.61 Å². The third-order valence-electron chi connectivity index (χ3n) is 2.59. The highest BCUT2D eigenvalue weighted by molar-refractivity contribution is 5.75. The number of nitrogens with one attached hydrogen (secondary N) is 1. The van der Waals surface area contributed by atoms with Gasteiger partial charge >= 0.3 is 5.97 Å². The standard InChI is InChI=1S/C13H27NO3/c1-5-7-11(3)9-17-10-12(13(15)16-4)14-8-6-2/h11-12,14H,5-10H2,1-4H3. The highest BCUT2D eigenvalue weighted by Gasteiger charge is 2.18. The molecule has 0 aromatic carbocycles. The zero-order valence-corrected chi connectivity index (χ0v) is 11.6. The molecule has 2 unspecified atom stereocenters. The van der Waals surface area contributed by atoms with Gasteiger partial charge in [0.25, 0.3) is 0 Å². The van der Waals surface area contributed by atoms with Crippen LogP contribution in [0, 0.1) is 5.92 Å². The Morgan fingerprint density at radius 3 is 2.47 bits per heavy atom. The molecule has 0 aromatic heterocycles. The lowest BCUT2D eigenvalue weighted by atomic mass is 10.1. The van der Waals surface area contributed by atoms with Gasteiger partial charge < -0.3 is 14.8 Å². The van der Waals surface area contributed by atoms with Crippen LogP contribution in [-0.2, 0) is 14.3 Å². The number of esters is 1. The quantitative estimate of drug-likeness (QED) is 0.598. The van der Waals surface area contributed by atoms with Gasteiger partial charge in [-0.05, 0) is 25.3 Å². The maximum atomic E-state index is 11.5. The fourth-order valence-electron chi connectivity index (χ4n) is 1.63. The average Bonchev–Trinajstić information content (AvgIpc) is 2.32. The lowest BCUT2D eigenvalue weighted by Crippen LogP contribution is -2.42. The van der Waals surface area contributed by atoms with Gasteiger partial charge in [-0.2, -0.15) is 0 Å². The molecular formula is C13H27NO3. The first kappa shape index (κ1) is 16.4. The Kier molecular flexibility index (Phi) is 10.2. The van der Waals surface area contributed by atoms with Crippen molar-refractivity contribution in [3.05, 3.63) is 0 Å². The Labute approximate surface area is 105 Å². The molecule has 0 amide bonds. The second-order valence-corrected chi connectivity index (χ2v) is 4.46. The summed E-state index contributed by atoms with van der Waals surface area (Å²) in [7, 11) is 1.41. The monoisotopic (exact) mass is 245 g/mol. The SMILES string of the molecule is CCCNC(COCC(C)CCC)C(=O)OC. The van der Waals surface area contributed by atoms with E-state index < -0.39 is 0 Å². The minimum absolute atomic E-state index is 0.249. The minimum Gasteiger partial charge on any atom is -0.468 e. The summed E-state index contributed by atoms with van der Waals surface area (Å²) < 4.78 is 10.3. The zero-order chi connectivity index (χ0) is 13.1. The molecule has 17 heavy (non-hydrogen) atoms. The molecule has 2 atom stereocenters. The molecule has 0 radical (unpaired) electrons. The third kappa shape index (κ3) is 8.16. The number of hydrogen-bond donors (Lipinski definition) is 1. The van der Waals surface area contributed by atoms with Crippen molar-refractivity contribution in [3.8, 4) is 0 Å². The third-order valence-corrected chi connectivity index (χ3v) is 2.59. The molecule has 0 spiro atoms. The van der Waals surface area contributed by atoms with Crippen molar-refractivity contribution >= 4 is 5.97 Å². The maximum absolute atomic E-state index is 11.5. The predicted molar refractivity (Wildman–Crippen MR) is 69.0 cm³/mol. The molecule has 102 valence electrons. The molecule has 0 aliphatic carbocycles. The number of methoxy groups -OCH3 is 1. The summed E-state index contributed by atoms with van der Waals surface area (Å²) in [5, 5.41) is 3.13. The van der Waals surface area contributed by atoms with Crippen LogP contribution >= 0.6 is 0 Å². The Morgan fingerprint density at radius 1 is 1.24 bits per heavy atom. The van der Waals surface area contributed by atoms with Crippen molar-refractivity contribution in [2.75, 3.05) is 26.9 Å². The Hall–Kier alpha value is -0.610. The van der Waals surface area contributed by atoms with Gasteiger partial charge in [-0.25, -0.2) is 0 Å². The smallest absolute Gasteiger partial charge is 0.325 e. The van der Waals surface area contributed by atoms with Crippen LogP contribution in [0.25, 0.3) is 0 Å². The molecule has 0 aliphatic heterocycles. The van der Waals surface area contributed by atoms with Crippen molar-refractivity contribution in [2.45, 2.75) is 46.1 Å². The van der Waals surface area contributed by atoms with Crippen LogP contribution in [0.4, 0.5) is 0 Å². The predicted octanol–water partition coefficient (Wildman–Crippen LogP) is 1.98. The fraction of sp³-hybridized carbons (Fsp3) is 0.923. The molecule has 0 saturated carbocycles. The van der Waals surface area contributed by atoms with Crippen LogP contribution in [0.3, 0.4) is 0 Å². The van der Waals surface area contributed by atoms with Crippen molar-refractivity contribution in [3.63, 3.8) is 0 Å². The van der Waals surface area contributed by atoms with E-state index >= 15 is 0 Å². The summed E-state index contributed by atoms with van der Waals surface area (Å²) in [5.41, 5.74) is 0. The molecule has 0 heterocycles. The van der Waals surface area contributed by atoms with E-state index in [0.29, 0.717) is 19.1 Å². The van der Waals surface area contributed by atoms with Gasteiger partial charge in [-0.3, -0.25) is 4.79 Å². The van der Waals surface area contributed by atoms with Gasteiger partial charge in [-0.15, -0.1) is 0 Å². The first-order valence-corrected chi connectivity index (χ1v) is 6.54. The van der Waals surface area contributed by atoms with Crippen LogP contribution in [0.5, 0.6) is 0 Å². The number of hydrogen-bond acceptors (Lipinski definition) is 4. The highest BCUT2D eigenvalue weighted by Crippen LogP contribution is 2.05. The number of rotatable bonds is 10. The lowest BCUT2D eigenvalue weighted by Gasteiger charge is -2.17. The van der Waals surface area contributed by atoms with E-state index in [-0.39, 0.29) is 12.0 Å². The topological polar surface area (TPSA) is 47.6 Å². The van der Waals surface area contributed by atoms with E-state index in [1.54, 1.807) is 0 Å². The Balaban J connectivity index is 3.86. The summed E-state index contributed by atoms with van der Waals surface area (Å²) in [5.74, 6) is 0.297. The van der Waals surface area contributed by atoms with Crippen LogP contribution in [0.2, 0.25) is 0 Å². The van der Waals surface area contributed by atoms with Crippen LogP contribution in [-0.4, -0.2) is 38.9 Å². The number of carbonyl (C=O) groups is 1. The van der Waals surface area contributed by atoms with E-state index in [2.05, 4.69) is 26.1 Å². The second kappa shape index (κ2) is 10.5. The molecule has 0 fully saturated rings. The summed E-state index contributed by atoms with van der Waals surface area (Å²) in [4.78, 5) is 11.5. The lowest BCUT2D eigenvalue weighted by molar-refractivity contribution is -0.145. The average molecular weight is 245 g/mol. The second-order valence-electron chi connectivity index (χ2n) is 4.46. The summed E-state index contributed by atoms with van der Waals surface area (Å²) in [6, 6.07) is -0.339. The van der Waals surface area contributed by atoms with Gasteiger partial charge in [0.05, 0.1) is 13.7 Å². The molecule has 4 heteroatoms. The summed E-state index contributed by atoms with van der Waals surface area (Å²) in [6.45, 7) is 8.28. The highest BCUT2D eigenvalue weighted by atomic mass is 16.5.